The van der Waals surface area contributed by atoms with Crippen LogP contribution in [0, 0.1) is 5.92 Å². The van der Waals surface area contributed by atoms with Gasteiger partial charge in [0.25, 0.3) is 0 Å². The smallest absolute Gasteiger partial charge is 0.193 e. The molecule has 0 amide bonds. The van der Waals surface area contributed by atoms with Gasteiger partial charge in [0.1, 0.15) is 0 Å². The summed E-state index contributed by atoms with van der Waals surface area (Å²) in [6, 6.07) is 8.13. The van der Waals surface area contributed by atoms with Crippen molar-refractivity contribution in [1.29, 1.82) is 0 Å². The van der Waals surface area contributed by atoms with E-state index in [1.54, 1.807) is 7.11 Å². The molecular weight excluding hydrogens is 374 g/mol. The lowest BCUT2D eigenvalue weighted by molar-refractivity contribution is 0.157. The van der Waals surface area contributed by atoms with Gasteiger partial charge in [-0.3, -0.25) is 9.89 Å². The fourth-order valence-electron chi connectivity index (χ4n) is 4.15. The lowest BCUT2D eigenvalue weighted by Crippen LogP contribution is -2.47. The van der Waals surface area contributed by atoms with E-state index in [0.717, 1.165) is 82.1 Å². The number of benzene rings is 1. The van der Waals surface area contributed by atoms with Crippen LogP contribution in [0.2, 0.25) is 5.02 Å². The maximum atomic E-state index is 6.33. The molecule has 1 aromatic rings. The molecule has 1 atom stereocenters. The van der Waals surface area contributed by atoms with E-state index in [9.17, 15) is 0 Å². The first-order valence-electron chi connectivity index (χ1n) is 10.4. The third kappa shape index (κ3) is 5.75. The number of rotatable bonds is 7. The molecular formula is C21H34ClN5O. The number of guanidine groups is 1. The summed E-state index contributed by atoms with van der Waals surface area (Å²) in [6.45, 7) is 9.27. The van der Waals surface area contributed by atoms with Gasteiger partial charge in [-0.1, -0.05) is 23.7 Å². The van der Waals surface area contributed by atoms with Crippen LogP contribution < -0.4 is 10.2 Å². The molecule has 1 unspecified atom stereocenters. The lowest BCUT2D eigenvalue weighted by atomic mass is 10.1. The molecule has 2 aliphatic rings. The van der Waals surface area contributed by atoms with Crippen molar-refractivity contribution in [3.05, 3.63) is 29.3 Å². The summed E-state index contributed by atoms with van der Waals surface area (Å²) in [5, 5.41) is 4.38. The predicted molar refractivity (Wildman–Crippen MR) is 118 cm³/mol. The SMILES string of the molecule is CN=C(NCCCN1CCN(c2ccccc2Cl)CC1)N1CCC(COC)C1. The zero-order valence-corrected chi connectivity index (χ0v) is 18.0. The molecule has 2 aliphatic heterocycles. The quantitative estimate of drug-likeness (QED) is 0.427. The number of nitrogens with zero attached hydrogens (tertiary/aromatic N) is 4. The molecule has 2 heterocycles. The summed E-state index contributed by atoms with van der Waals surface area (Å²) in [4.78, 5) is 11.7. The topological polar surface area (TPSA) is 43.3 Å². The standard InChI is InChI=1S/C21H34ClN5O/c1-23-21(27-11-8-18(16-27)17-28-2)24-9-5-10-25-12-14-26(15-13-25)20-7-4-3-6-19(20)22/h3-4,6-7,18H,5,8-17H2,1-2H3,(H,23,24). The van der Waals surface area contributed by atoms with Crippen LogP contribution in [0.1, 0.15) is 12.8 Å². The Kier molecular flexibility index (Phi) is 8.25. The van der Waals surface area contributed by atoms with Gasteiger partial charge >= 0.3 is 0 Å². The fourth-order valence-corrected chi connectivity index (χ4v) is 4.41. The monoisotopic (exact) mass is 407 g/mol. The molecule has 0 aromatic heterocycles. The molecule has 0 aliphatic carbocycles. The van der Waals surface area contributed by atoms with Gasteiger partial charge in [0, 0.05) is 65.9 Å². The molecule has 7 heteroatoms. The van der Waals surface area contributed by atoms with Gasteiger partial charge in [-0.15, -0.1) is 0 Å². The van der Waals surface area contributed by atoms with E-state index in [-0.39, 0.29) is 0 Å². The molecule has 0 spiro atoms. The van der Waals surface area contributed by atoms with Gasteiger partial charge in [0.15, 0.2) is 5.96 Å². The second kappa shape index (κ2) is 10.9. The Labute approximate surface area is 174 Å². The predicted octanol–water partition coefficient (Wildman–Crippen LogP) is 2.40. The van der Waals surface area contributed by atoms with Gasteiger partial charge in [-0.2, -0.15) is 0 Å². The molecule has 1 aromatic carbocycles. The number of hydrogen-bond acceptors (Lipinski definition) is 4. The largest absolute Gasteiger partial charge is 0.384 e. The van der Waals surface area contributed by atoms with Gasteiger partial charge < -0.3 is 19.9 Å². The molecule has 0 bridgehead atoms. The summed E-state index contributed by atoms with van der Waals surface area (Å²) < 4.78 is 5.29. The number of likely N-dealkylation sites (tertiary alicyclic amines) is 1. The number of hydrogen-bond donors (Lipinski definition) is 1. The molecule has 2 fully saturated rings. The minimum Gasteiger partial charge on any atom is -0.384 e. The van der Waals surface area contributed by atoms with Gasteiger partial charge in [0.05, 0.1) is 17.3 Å². The van der Waals surface area contributed by atoms with Crippen LogP contribution in [-0.4, -0.2) is 88.9 Å². The second-order valence-corrected chi connectivity index (χ2v) is 8.07. The van der Waals surface area contributed by atoms with E-state index in [1.807, 2.05) is 19.2 Å². The Morgan fingerprint density at radius 3 is 2.71 bits per heavy atom. The van der Waals surface area contributed by atoms with Gasteiger partial charge in [-0.25, -0.2) is 0 Å². The summed E-state index contributed by atoms with van der Waals surface area (Å²) >= 11 is 6.33. The van der Waals surface area contributed by atoms with Crippen LogP contribution in [0.3, 0.4) is 0 Å². The first-order chi connectivity index (χ1) is 13.7. The molecule has 1 N–H and O–H groups in total. The van der Waals surface area contributed by atoms with Crippen LogP contribution in [0.25, 0.3) is 0 Å². The molecule has 0 saturated carbocycles. The Morgan fingerprint density at radius 1 is 1.21 bits per heavy atom. The number of methoxy groups -OCH3 is 1. The highest BCUT2D eigenvalue weighted by Crippen LogP contribution is 2.26. The molecule has 156 valence electrons. The maximum absolute atomic E-state index is 6.33. The van der Waals surface area contributed by atoms with Crippen molar-refractivity contribution in [2.24, 2.45) is 10.9 Å². The van der Waals surface area contributed by atoms with Crippen molar-refractivity contribution in [1.82, 2.24) is 15.1 Å². The van der Waals surface area contributed by atoms with E-state index in [4.69, 9.17) is 16.3 Å². The van der Waals surface area contributed by atoms with E-state index in [2.05, 4.69) is 37.1 Å². The fraction of sp³-hybridized carbons (Fsp3) is 0.667. The summed E-state index contributed by atoms with van der Waals surface area (Å²) in [5.41, 5.74) is 1.16. The highest BCUT2D eigenvalue weighted by Gasteiger charge is 2.24. The van der Waals surface area contributed by atoms with Crippen molar-refractivity contribution in [2.45, 2.75) is 12.8 Å². The average Bonchev–Trinajstić information content (AvgIpc) is 3.18. The number of piperazine rings is 1. The van der Waals surface area contributed by atoms with E-state index >= 15 is 0 Å². The normalized spacial score (nSPS) is 21.4. The zero-order chi connectivity index (χ0) is 19.8. The van der Waals surface area contributed by atoms with Crippen molar-refractivity contribution in [3.8, 4) is 0 Å². The number of ether oxygens (including phenoxy) is 1. The first-order valence-corrected chi connectivity index (χ1v) is 10.8. The number of para-hydroxylation sites is 1. The first kappa shape index (κ1) is 21.2. The van der Waals surface area contributed by atoms with E-state index in [1.165, 1.54) is 6.42 Å². The Morgan fingerprint density at radius 2 is 2.00 bits per heavy atom. The zero-order valence-electron chi connectivity index (χ0n) is 17.2. The molecule has 0 radical (unpaired) electrons. The molecule has 28 heavy (non-hydrogen) atoms. The van der Waals surface area contributed by atoms with Crippen LogP contribution in [-0.2, 0) is 4.74 Å². The Hall–Kier alpha value is -1.50. The van der Waals surface area contributed by atoms with Crippen LogP contribution in [0.15, 0.2) is 29.3 Å². The Balaban J connectivity index is 1.33. The number of halogens is 1. The number of anilines is 1. The lowest BCUT2D eigenvalue weighted by Gasteiger charge is -2.36. The summed E-state index contributed by atoms with van der Waals surface area (Å²) in [7, 11) is 3.66. The summed E-state index contributed by atoms with van der Waals surface area (Å²) in [5.74, 6) is 1.65. The molecule has 2 saturated heterocycles. The van der Waals surface area contributed by atoms with Crippen LogP contribution >= 0.6 is 11.6 Å². The van der Waals surface area contributed by atoms with Crippen molar-refractivity contribution in [3.63, 3.8) is 0 Å². The molecule has 3 rings (SSSR count). The van der Waals surface area contributed by atoms with Crippen LogP contribution in [0.4, 0.5) is 5.69 Å². The minimum atomic E-state index is 0.623. The van der Waals surface area contributed by atoms with Gasteiger partial charge in [0.2, 0.25) is 0 Å². The van der Waals surface area contributed by atoms with E-state index < -0.39 is 0 Å². The van der Waals surface area contributed by atoms with Crippen molar-refractivity contribution in [2.75, 3.05) is 78.0 Å². The highest BCUT2D eigenvalue weighted by molar-refractivity contribution is 6.33. The van der Waals surface area contributed by atoms with Crippen molar-refractivity contribution >= 4 is 23.2 Å². The number of aliphatic imine (C=N–C) groups is 1. The maximum Gasteiger partial charge on any atom is 0.193 e. The third-order valence-corrected chi connectivity index (χ3v) is 6.02. The average molecular weight is 408 g/mol. The van der Waals surface area contributed by atoms with Crippen molar-refractivity contribution < 1.29 is 4.74 Å². The minimum absolute atomic E-state index is 0.623. The van der Waals surface area contributed by atoms with E-state index in [0.29, 0.717) is 5.92 Å². The highest BCUT2D eigenvalue weighted by atomic mass is 35.5. The van der Waals surface area contributed by atoms with Gasteiger partial charge in [-0.05, 0) is 31.5 Å². The second-order valence-electron chi connectivity index (χ2n) is 7.66. The number of nitrogens with one attached hydrogen (secondary N) is 1. The third-order valence-electron chi connectivity index (χ3n) is 5.70. The van der Waals surface area contributed by atoms with Crippen LogP contribution in [0.5, 0.6) is 0 Å². The Bertz CT molecular complexity index is 633. The molecule has 6 nitrogen and oxygen atoms in total. The summed E-state index contributed by atoms with van der Waals surface area (Å²) in [6.07, 6.45) is 2.31.